The molecule has 4 heteroatoms. The van der Waals surface area contributed by atoms with E-state index in [1.165, 1.54) is 7.11 Å². The predicted molar refractivity (Wildman–Crippen MR) is 51.5 cm³/mol. The molecule has 0 unspecified atom stereocenters. The van der Waals surface area contributed by atoms with Crippen LogP contribution in [0.4, 0.5) is 8.78 Å². The molecule has 0 radical (unpaired) electrons. The lowest BCUT2D eigenvalue weighted by Gasteiger charge is -2.04. The van der Waals surface area contributed by atoms with Gasteiger partial charge >= 0.3 is 0 Å². The highest BCUT2D eigenvalue weighted by atomic mass is 19.1. The maximum atomic E-state index is 13.1. The summed E-state index contributed by atoms with van der Waals surface area (Å²) in [6.45, 7) is -0.0902. The van der Waals surface area contributed by atoms with Crippen LogP contribution in [0.25, 0.3) is 0 Å². The fraction of sp³-hybridized carbons (Fsp3) is 0.273. The minimum Gasteiger partial charge on any atom is -0.492 e. The first-order valence-corrected chi connectivity index (χ1v) is 4.31. The van der Waals surface area contributed by atoms with Crippen LogP contribution >= 0.6 is 0 Å². The molecule has 80 valence electrons. The van der Waals surface area contributed by atoms with Crippen molar-refractivity contribution in [2.24, 2.45) is 0 Å². The highest BCUT2D eigenvalue weighted by Gasteiger charge is 2.09. The van der Waals surface area contributed by atoms with Crippen molar-refractivity contribution < 1.29 is 18.6 Å². The molecule has 0 fully saturated rings. The predicted octanol–water partition coefficient (Wildman–Crippen LogP) is 1.71. The van der Waals surface area contributed by atoms with Gasteiger partial charge in [-0.2, -0.15) is 0 Å². The first-order valence-electron chi connectivity index (χ1n) is 4.31. The summed E-state index contributed by atoms with van der Waals surface area (Å²) < 4.78 is 30.7. The van der Waals surface area contributed by atoms with Crippen LogP contribution in [0.1, 0.15) is 12.0 Å². The monoisotopic (exact) mass is 212 g/mol. The molecule has 0 aliphatic rings. The Labute approximate surface area is 86.5 Å². The van der Waals surface area contributed by atoms with E-state index < -0.39 is 11.6 Å². The minimum atomic E-state index is -0.786. The van der Waals surface area contributed by atoms with Gasteiger partial charge in [0, 0.05) is 12.5 Å². The van der Waals surface area contributed by atoms with E-state index in [0.717, 1.165) is 12.1 Å². The SMILES string of the molecule is COc1c(F)cc(F)cc1C#CCCO. The van der Waals surface area contributed by atoms with Gasteiger partial charge in [0.1, 0.15) is 5.82 Å². The summed E-state index contributed by atoms with van der Waals surface area (Å²) >= 11 is 0. The topological polar surface area (TPSA) is 29.5 Å². The van der Waals surface area contributed by atoms with E-state index in [1.807, 2.05) is 0 Å². The van der Waals surface area contributed by atoms with Gasteiger partial charge in [0.15, 0.2) is 11.6 Å². The number of aliphatic hydroxyl groups excluding tert-OH is 1. The number of hydrogen-bond donors (Lipinski definition) is 1. The number of benzene rings is 1. The summed E-state index contributed by atoms with van der Waals surface area (Å²) in [6.07, 6.45) is 0.251. The maximum Gasteiger partial charge on any atom is 0.170 e. The fourth-order valence-corrected chi connectivity index (χ4v) is 1.07. The molecule has 0 saturated carbocycles. The molecule has 0 spiro atoms. The van der Waals surface area contributed by atoms with Crippen molar-refractivity contribution in [1.82, 2.24) is 0 Å². The molecule has 0 aromatic heterocycles. The van der Waals surface area contributed by atoms with Gasteiger partial charge in [-0.3, -0.25) is 0 Å². The summed E-state index contributed by atoms with van der Waals surface area (Å²) in [5, 5.41) is 8.50. The standard InChI is InChI=1S/C11H10F2O2/c1-15-11-8(4-2-3-5-14)6-9(12)7-10(11)13/h6-7,14H,3,5H2,1H3. The summed E-state index contributed by atoms with van der Waals surface area (Å²) in [5.74, 6) is 3.52. The number of halogens is 2. The number of hydrogen-bond acceptors (Lipinski definition) is 2. The largest absolute Gasteiger partial charge is 0.492 e. The lowest BCUT2D eigenvalue weighted by atomic mass is 10.2. The summed E-state index contributed by atoms with van der Waals surface area (Å²) in [4.78, 5) is 0. The molecule has 0 atom stereocenters. The third kappa shape index (κ3) is 2.93. The fourth-order valence-electron chi connectivity index (χ4n) is 1.07. The number of aliphatic hydroxyl groups is 1. The van der Waals surface area contributed by atoms with Gasteiger partial charge in [0.2, 0.25) is 0 Å². The Bertz CT molecular complexity index is 405. The molecule has 0 amide bonds. The molecule has 0 aliphatic carbocycles. The number of methoxy groups -OCH3 is 1. The third-order valence-electron chi connectivity index (χ3n) is 1.67. The zero-order valence-electron chi connectivity index (χ0n) is 8.18. The van der Waals surface area contributed by atoms with E-state index in [9.17, 15) is 8.78 Å². The molecule has 1 aromatic carbocycles. The second-order valence-corrected chi connectivity index (χ2v) is 2.74. The summed E-state index contributed by atoms with van der Waals surface area (Å²) in [5.41, 5.74) is 0.142. The second kappa shape index (κ2) is 5.32. The zero-order valence-corrected chi connectivity index (χ0v) is 8.18. The molecule has 1 rings (SSSR count). The van der Waals surface area contributed by atoms with Crippen LogP contribution in [0.5, 0.6) is 5.75 Å². The van der Waals surface area contributed by atoms with E-state index >= 15 is 0 Å². The van der Waals surface area contributed by atoms with Crippen molar-refractivity contribution in [1.29, 1.82) is 0 Å². The van der Waals surface area contributed by atoms with Crippen LogP contribution in [0.15, 0.2) is 12.1 Å². The van der Waals surface area contributed by atoms with Crippen LogP contribution in [0.2, 0.25) is 0 Å². The molecule has 0 aliphatic heterocycles. The number of rotatable bonds is 2. The highest BCUT2D eigenvalue weighted by Crippen LogP contribution is 2.22. The molecule has 2 nitrogen and oxygen atoms in total. The normalized spacial score (nSPS) is 9.33. The van der Waals surface area contributed by atoms with Crippen molar-refractivity contribution in [3.05, 3.63) is 29.3 Å². The lowest BCUT2D eigenvalue weighted by molar-refractivity contribution is 0.305. The average molecular weight is 212 g/mol. The second-order valence-electron chi connectivity index (χ2n) is 2.74. The van der Waals surface area contributed by atoms with E-state index in [1.54, 1.807) is 0 Å². The third-order valence-corrected chi connectivity index (χ3v) is 1.67. The van der Waals surface area contributed by atoms with Gasteiger partial charge in [-0.1, -0.05) is 11.8 Å². The van der Waals surface area contributed by atoms with Crippen LogP contribution in [-0.2, 0) is 0 Å². The van der Waals surface area contributed by atoms with E-state index in [0.29, 0.717) is 0 Å². The quantitative estimate of drug-likeness (QED) is 0.756. The molecule has 0 bridgehead atoms. The summed E-state index contributed by atoms with van der Waals surface area (Å²) in [6, 6.07) is 1.82. The van der Waals surface area contributed by atoms with Crippen molar-refractivity contribution in [3.8, 4) is 17.6 Å². The van der Waals surface area contributed by atoms with Gasteiger partial charge < -0.3 is 9.84 Å². The molecule has 1 aromatic rings. The average Bonchev–Trinajstić information content (AvgIpc) is 2.17. The van der Waals surface area contributed by atoms with Crippen molar-refractivity contribution >= 4 is 0 Å². The Hall–Kier alpha value is -1.60. The first kappa shape index (κ1) is 11.5. The molecular weight excluding hydrogens is 202 g/mol. The van der Waals surface area contributed by atoms with Gasteiger partial charge in [-0.15, -0.1) is 0 Å². The summed E-state index contributed by atoms with van der Waals surface area (Å²) in [7, 11) is 1.29. The van der Waals surface area contributed by atoms with Crippen molar-refractivity contribution in [3.63, 3.8) is 0 Å². The number of ether oxygens (including phenoxy) is 1. The smallest absolute Gasteiger partial charge is 0.170 e. The van der Waals surface area contributed by atoms with Gasteiger partial charge in [-0.05, 0) is 6.07 Å². The van der Waals surface area contributed by atoms with Crippen molar-refractivity contribution in [2.45, 2.75) is 6.42 Å². The maximum absolute atomic E-state index is 13.1. The Morgan fingerprint density at radius 2 is 2.13 bits per heavy atom. The first-order chi connectivity index (χ1) is 7.19. The minimum absolute atomic E-state index is 0.0816. The molecule has 0 saturated heterocycles. The molecule has 0 heterocycles. The van der Waals surface area contributed by atoms with E-state index in [4.69, 9.17) is 9.84 Å². The molecular formula is C11H10F2O2. The Balaban J connectivity index is 3.11. The van der Waals surface area contributed by atoms with E-state index in [2.05, 4.69) is 11.8 Å². The van der Waals surface area contributed by atoms with Crippen LogP contribution < -0.4 is 4.74 Å². The zero-order chi connectivity index (χ0) is 11.3. The van der Waals surface area contributed by atoms with Crippen LogP contribution in [0.3, 0.4) is 0 Å². The Morgan fingerprint density at radius 1 is 1.40 bits per heavy atom. The lowest BCUT2D eigenvalue weighted by Crippen LogP contribution is -1.94. The van der Waals surface area contributed by atoms with Gasteiger partial charge in [0.05, 0.1) is 19.3 Å². The van der Waals surface area contributed by atoms with Crippen LogP contribution in [-0.4, -0.2) is 18.8 Å². The van der Waals surface area contributed by atoms with Gasteiger partial charge in [0.25, 0.3) is 0 Å². The molecule has 1 N–H and O–H groups in total. The van der Waals surface area contributed by atoms with Gasteiger partial charge in [-0.25, -0.2) is 8.78 Å². The van der Waals surface area contributed by atoms with Crippen molar-refractivity contribution in [2.75, 3.05) is 13.7 Å². The molecule has 15 heavy (non-hydrogen) atoms. The highest BCUT2D eigenvalue weighted by molar-refractivity contribution is 5.47. The van der Waals surface area contributed by atoms with E-state index in [-0.39, 0.29) is 24.3 Å². The van der Waals surface area contributed by atoms with Crippen LogP contribution in [0, 0.1) is 23.5 Å². The Morgan fingerprint density at radius 3 is 2.73 bits per heavy atom. The Kier molecular flexibility index (Phi) is 4.07.